The fourth-order valence-corrected chi connectivity index (χ4v) is 2.23. The zero-order valence-corrected chi connectivity index (χ0v) is 12.6. The molecule has 0 amide bonds. The summed E-state index contributed by atoms with van der Waals surface area (Å²) in [6, 6.07) is 10.7. The Labute approximate surface area is 124 Å². The first-order valence-electron chi connectivity index (χ1n) is 6.52. The number of halogens is 1. The highest BCUT2D eigenvalue weighted by Crippen LogP contribution is 2.16. The van der Waals surface area contributed by atoms with Crippen LogP contribution in [0, 0.1) is 6.92 Å². The molecule has 3 nitrogen and oxygen atoms in total. The first kappa shape index (κ1) is 14.8. The van der Waals surface area contributed by atoms with Crippen LogP contribution in [0.2, 0.25) is 5.02 Å². The van der Waals surface area contributed by atoms with Gasteiger partial charge >= 0.3 is 0 Å². The van der Waals surface area contributed by atoms with Gasteiger partial charge in [-0.3, -0.25) is 9.69 Å². The molecule has 1 unspecified atom stereocenters. The van der Waals surface area contributed by atoms with E-state index >= 15 is 0 Å². The van der Waals surface area contributed by atoms with Crippen molar-refractivity contribution < 1.29 is 9.21 Å². The summed E-state index contributed by atoms with van der Waals surface area (Å²) in [5.74, 6) is 1.79. The van der Waals surface area contributed by atoms with Crippen LogP contribution >= 0.6 is 11.6 Å². The molecule has 0 fully saturated rings. The highest BCUT2D eigenvalue weighted by molar-refractivity contribution is 6.31. The van der Waals surface area contributed by atoms with E-state index in [1.807, 2.05) is 37.9 Å². The molecule has 0 aliphatic carbocycles. The normalized spacial score (nSPS) is 12.7. The molecule has 0 aliphatic heterocycles. The first-order chi connectivity index (χ1) is 9.47. The lowest BCUT2D eigenvalue weighted by atomic mass is 10.0. The van der Waals surface area contributed by atoms with Gasteiger partial charge in [-0.1, -0.05) is 23.7 Å². The van der Waals surface area contributed by atoms with Crippen molar-refractivity contribution >= 4 is 17.4 Å². The average Bonchev–Trinajstić information content (AvgIpc) is 2.82. The predicted molar refractivity (Wildman–Crippen MR) is 80.2 cm³/mol. The number of ketones is 1. The van der Waals surface area contributed by atoms with Crippen molar-refractivity contribution in [2.75, 3.05) is 7.05 Å². The maximum absolute atomic E-state index is 12.4. The Kier molecular flexibility index (Phi) is 4.63. The molecule has 2 aromatic rings. The van der Waals surface area contributed by atoms with E-state index in [0.29, 0.717) is 17.1 Å². The van der Waals surface area contributed by atoms with Crippen molar-refractivity contribution in [3.05, 3.63) is 58.5 Å². The zero-order valence-electron chi connectivity index (χ0n) is 11.9. The molecule has 0 bridgehead atoms. The molecule has 4 heteroatoms. The quantitative estimate of drug-likeness (QED) is 0.782. The Hall–Kier alpha value is -1.58. The van der Waals surface area contributed by atoms with Gasteiger partial charge in [0.25, 0.3) is 0 Å². The van der Waals surface area contributed by atoms with Crippen molar-refractivity contribution in [2.45, 2.75) is 26.4 Å². The highest BCUT2D eigenvalue weighted by Gasteiger charge is 2.20. The number of furan rings is 1. The lowest BCUT2D eigenvalue weighted by molar-refractivity contribution is 0.0855. The maximum atomic E-state index is 12.4. The number of carbonyl (C=O) groups excluding carboxylic acids is 1. The summed E-state index contributed by atoms with van der Waals surface area (Å²) >= 11 is 5.92. The second-order valence-electron chi connectivity index (χ2n) is 4.98. The third kappa shape index (κ3) is 3.50. The number of aryl methyl sites for hydroxylation is 1. The fraction of sp³-hybridized carbons (Fsp3) is 0.312. The van der Waals surface area contributed by atoms with E-state index in [0.717, 1.165) is 11.5 Å². The third-order valence-electron chi connectivity index (χ3n) is 3.35. The molecule has 1 atom stereocenters. The molecule has 1 aromatic heterocycles. The van der Waals surface area contributed by atoms with Crippen molar-refractivity contribution in [3.63, 3.8) is 0 Å². The summed E-state index contributed by atoms with van der Waals surface area (Å²) in [5, 5.41) is 0.576. The molecule has 2 rings (SSSR count). The largest absolute Gasteiger partial charge is 0.465 e. The number of carbonyl (C=O) groups is 1. The number of nitrogens with zero attached hydrogens (tertiary/aromatic N) is 1. The Balaban J connectivity index is 2.06. The van der Waals surface area contributed by atoms with Gasteiger partial charge in [0.2, 0.25) is 0 Å². The van der Waals surface area contributed by atoms with Crippen LogP contribution in [0.25, 0.3) is 0 Å². The van der Waals surface area contributed by atoms with E-state index in [4.69, 9.17) is 16.0 Å². The molecule has 1 heterocycles. The van der Waals surface area contributed by atoms with Gasteiger partial charge in [0.1, 0.15) is 11.5 Å². The third-order valence-corrected chi connectivity index (χ3v) is 3.59. The molecule has 0 aliphatic rings. The fourth-order valence-electron chi connectivity index (χ4n) is 2.04. The van der Waals surface area contributed by atoms with Gasteiger partial charge in [-0.05, 0) is 45.2 Å². The zero-order chi connectivity index (χ0) is 14.7. The monoisotopic (exact) mass is 291 g/mol. The summed E-state index contributed by atoms with van der Waals surface area (Å²) in [5.41, 5.74) is 0.632. The SMILES string of the molecule is Cc1ccc(CN(C)C(C)C(=O)c2cccc(Cl)c2)o1. The highest BCUT2D eigenvalue weighted by atomic mass is 35.5. The molecule has 0 saturated carbocycles. The lowest BCUT2D eigenvalue weighted by Crippen LogP contribution is -2.35. The number of benzene rings is 1. The van der Waals surface area contributed by atoms with Gasteiger partial charge in [0.05, 0.1) is 12.6 Å². The van der Waals surface area contributed by atoms with Gasteiger partial charge in [-0.25, -0.2) is 0 Å². The standard InChI is InChI=1S/C16H18ClNO2/c1-11-7-8-15(20-11)10-18(3)12(2)16(19)13-5-4-6-14(17)9-13/h4-9,12H,10H2,1-3H3. The van der Waals surface area contributed by atoms with E-state index in [9.17, 15) is 4.79 Å². The van der Waals surface area contributed by atoms with Crippen LogP contribution in [0.4, 0.5) is 0 Å². The van der Waals surface area contributed by atoms with Crippen LogP contribution in [-0.2, 0) is 6.54 Å². The molecule has 0 saturated heterocycles. The van der Waals surface area contributed by atoms with Crippen molar-refractivity contribution in [2.24, 2.45) is 0 Å². The first-order valence-corrected chi connectivity index (χ1v) is 6.90. The van der Waals surface area contributed by atoms with Gasteiger partial charge in [0, 0.05) is 10.6 Å². The second-order valence-corrected chi connectivity index (χ2v) is 5.41. The summed E-state index contributed by atoms with van der Waals surface area (Å²) in [6.07, 6.45) is 0. The summed E-state index contributed by atoms with van der Waals surface area (Å²) in [7, 11) is 1.91. The van der Waals surface area contributed by atoms with Gasteiger partial charge in [-0.2, -0.15) is 0 Å². The smallest absolute Gasteiger partial charge is 0.179 e. The van der Waals surface area contributed by atoms with Crippen LogP contribution in [-0.4, -0.2) is 23.8 Å². The van der Waals surface area contributed by atoms with Crippen LogP contribution in [0.1, 0.15) is 28.8 Å². The molecular weight excluding hydrogens is 274 g/mol. The predicted octanol–water partition coefficient (Wildman–Crippen LogP) is 3.94. The molecule has 106 valence electrons. The Bertz CT molecular complexity index is 606. The van der Waals surface area contributed by atoms with E-state index in [1.54, 1.807) is 24.3 Å². The van der Waals surface area contributed by atoms with E-state index in [2.05, 4.69) is 0 Å². The average molecular weight is 292 g/mol. The van der Waals surface area contributed by atoms with E-state index in [1.165, 1.54) is 0 Å². The topological polar surface area (TPSA) is 33.5 Å². The number of Topliss-reactive ketones (excluding diaryl/α,β-unsaturated/α-hetero) is 1. The number of hydrogen-bond donors (Lipinski definition) is 0. The van der Waals surface area contributed by atoms with Crippen molar-refractivity contribution in [1.82, 2.24) is 4.90 Å². The van der Waals surface area contributed by atoms with Crippen LogP contribution in [0.15, 0.2) is 40.8 Å². The summed E-state index contributed by atoms with van der Waals surface area (Å²) in [6.45, 7) is 4.39. The summed E-state index contributed by atoms with van der Waals surface area (Å²) < 4.78 is 5.53. The molecule has 1 aromatic carbocycles. The second kappa shape index (κ2) is 6.25. The van der Waals surface area contributed by atoms with Gasteiger partial charge in [-0.15, -0.1) is 0 Å². The van der Waals surface area contributed by atoms with E-state index < -0.39 is 0 Å². The minimum absolute atomic E-state index is 0.0540. The molecular formula is C16H18ClNO2. The number of hydrogen-bond acceptors (Lipinski definition) is 3. The van der Waals surface area contributed by atoms with Crippen molar-refractivity contribution in [1.29, 1.82) is 0 Å². The van der Waals surface area contributed by atoms with Crippen LogP contribution in [0.5, 0.6) is 0 Å². The molecule has 20 heavy (non-hydrogen) atoms. The Morgan fingerprint density at radius 1 is 1.35 bits per heavy atom. The molecule has 0 spiro atoms. The Morgan fingerprint density at radius 2 is 2.10 bits per heavy atom. The maximum Gasteiger partial charge on any atom is 0.179 e. The molecule has 0 N–H and O–H groups in total. The van der Waals surface area contributed by atoms with E-state index in [-0.39, 0.29) is 11.8 Å². The number of likely N-dealkylation sites (N-methyl/N-ethyl adjacent to an activating group) is 1. The van der Waals surface area contributed by atoms with Crippen LogP contribution in [0.3, 0.4) is 0 Å². The Morgan fingerprint density at radius 3 is 2.70 bits per heavy atom. The summed E-state index contributed by atoms with van der Waals surface area (Å²) in [4.78, 5) is 14.4. The van der Waals surface area contributed by atoms with Crippen molar-refractivity contribution in [3.8, 4) is 0 Å². The van der Waals surface area contributed by atoms with Gasteiger partial charge < -0.3 is 4.42 Å². The minimum atomic E-state index is -0.237. The molecule has 0 radical (unpaired) electrons. The van der Waals surface area contributed by atoms with Gasteiger partial charge in [0.15, 0.2) is 5.78 Å². The number of rotatable bonds is 5. The van der Waals surface area contributed by atoms with Crippen LogP contribution < -0.4 is 0 Å². The lowest BCUT2D eigenvalue weighted by Gasteiger charge is -2.22. The minimum Gasteiger partial charge on any atom is -0.465 e.